The second-order valence-electron chi connectivity index (χ2n) is 7.44. The van der Waals surface area contributed by atoms with Gasteiger partial charge in [0.2, 0.25) is 5.91 Å². The Morgan fingerprint density at radius 3 is 2.62 bits per heavy atom. The van der Waals surface area contributed by atoms with Crippen molar-refractivity contribution in [3.8, 4) is 0 Å². The first-order valence-electron chi connectivity index (χ1n) is 9.39. The fraction of sp³-hybridized carbons (Fsp3) is 0.650. The molecule has 2 saturated heterocycles. The summed E-state index contributed by atoms with van der Waals surface area (Å²) in [6.45, 7) is 11.6. The van der Waals surface area contributed by atoms with Crippen molar-refractivity contribution in [3.05, 3.63) is 35.9 Å². The Labute approximate surface area is 146 Å². The van der Waals surface area contributed by atoms with Gasteiger partial charge in [-0.15, -0.1) is 0 Å². The highest BCUT2D eigenvalue weighted by Crippen LogP contribution is 2.23. The summed E-state index contributed by atoms with van der Waals surface area (Å²) in [5, 5.41) is 0. The standard InChI is InChI=1S/C20H31N3O/c1-17-15-21(12-9-19-7-4-3-5-8-19)16-20(17)23-11-6-10-22(13-14-23)18(2)24/h3-5,7-8,17,20H,6,9-16H2,1-2H3. The molecule has 0 N–H and O–H groups in total. The van der Waals surface area contributed by atoms with Crippen LogP contribution < -0.4 is 0 Å². The van der Waals surface area contributed by atoms with Crippen LogP contribution in [0.1, 0.15) is 25.8 Å². The number of amides is 1. The lowest BCUT2D eigenvalue weighted by Crippen LogP contribution is -2.43. The van der Waals surface area contributed by atoms with Gasteiger partial charge in [0, 0.05) is 58.8 Å². The molecular weight excluding hydrogens is 298 g/mol. The minimum Gasteiger partial charge on any atom is -0.342 e. The van der Waals surface area contributed by atoms with Gasteiger partial charge in [-0.3, -0.25) is 9.69 Å². The highest BCUT2D eigenvalue weighted by Gasteiger charge is 2.34. The molecule has 2 unspecified atom stereocenters. The lowest BCUT2D eigenvalue weighted by molar-refractivity contribution is -0.128. The number of carbonyl (C=O) groups is 1. The van der Waals surface area contributed by atoms with E-state index in [1.54, 1.807) is 6.92 Å². The Morgan fingerprint density at radius 2 is 1.88 bits per heavy atom. The summed E-state index contributed by atoms with van der Waals surface area (Å²) in [5.74, 6) is 0.936. The Hall–Kier alpha value is -1.39. The highest BCUT2D eigenvalue weighted by atomic mass is 16.2. The van der Waals surface area contributed by atoms with E-state index in [0.717, 1.165) is 45.6 Å². The van der Waals surface area contributed by atoms with Crippen LogP contribution in [0.5, 0.6) is 0 Å². The lowest BCUT2D eigenvalue weighted by Gasteiger charge is -2.30. The number of rotatable bonds is 4. The molecule has 1 aromatic rings. The zero-order chi connectivity index (χ0) is 16.9. The van der Waals surface area contributed by atoms with Gasteiger partial charge in [-0.05, 0) is 24.3 Å². The van der Waals surface area contributed by atoms with Crippen LogP contribution >= 0.6 is 0 Å². The summed E-state index contributed by atoms with van der Waals surface area (Å²) < 4.78 is 0. The average Bonchev–Trinajstić information content (AvgIpc) is 2.80. The van der Waals surface area contributed by atoms with Crippen LogP contribution in [0, 0.1) is 5.92 Å². The quantitative estimate of drug-likeness (QED) is 0.846. The Bertz CT molecular complexity index is 533. The molecule has 2 fully saturated rings. The van der Waals surface area contributed by atoms with Crippen LogP contribution in [0.15, 0.2) is 30.3 Å². The van der Waals surface area contributed by atoms with Gasteiger partial charge in [-0.1, -0.05) is 37.3 Å². The van der Waals surface area contributed by atoms with Crippen LogP contribution in [0.2, 0.25) is 0 Å². The largest absolute Gasteiger partial charge is 0.342 e. The van der Waals surface area contributed by atoms with Crippen molar-refractivity contribution in [2.45, 2.75) is 32.7 Å². The Balaban J connectivity index is 1.51. The highest BCUT2D eigenvalue weighted by molar-refractivity contribution is 5.73. The third-order valence-corrected chi connectivity index (χ3v) is 5.65. The van der Waals surface area contributed by atoms with Crippen LogP contribution in [0.25, 0.3) is 0 Å². The monoisotopic (exact) mass is 329 g/mol. The van der Waals surface area contributed by atoms with Crippen molar-refractivity contribution in [3.63, 3.8) is 0 Å². The van der Waals surface area contributed by atoms with Crippen molar-refractivity contribution in [2.24, 2.45) is 5.92 Å². The van der Waals surface area contributed by atoms with Crippen molar-refractivity contribution < 1.29 is 4.79 Å². The molecule has 132 valence electrons. The van der Waals surface area contributed by atoms with E-state index in [-0.39, 0.29) is 5.91 Å². The SMILES string of the molecule is CC(=O)N1CCCN(C2CN(CCc3ccccc3)CC2C)CC1. The molecule has 0 aromatic heterocycles. The maximum Gasteiger partial charge on any atom is 0.219 e. The maximum absolute atomic E-state index is 11.6. The second-order valence-corrected chi connectivity index (χ2v) is 7.44. The number of benzene rings is 1. The van der Waals surface area contributed by atoms with E-state index in [1.165, 1.54) is 18.7 Å². The minimum absolute atomic E-state index is 0.223. The van der Waals surface area contributed by atoms with Gasteiger partial charge in [0.25, 0.3) is 0 Å². The summed E-state index contributed by atoms with van der Waals surface area (Å²) in [4.78, 5) is 18.9. The first-order valence-corrected chi connectivity index (χ1v) is 9.39. The molecule has 2 atom stereocenters. The summed E-state index contributed by atoms with van der Waals surface area (Å²) in [6, 6.07) is 11.4. The van der Waals surface area contributed by atoms with E-state index in [4.69, 9.17) is 0 Å². The van der Waals surface area contributed by atoms with Crippen LogP contribution in [-0.4, -0.2) is 72.5 Å². The third kappa shape index (κ3) is 4.37. The minimum atomic E-state index is 0.223. The average molecular weight is 329 g/mol. The molecule has 1 amide bonds. The van der Waals surface area contributed by atoms with E-state index < -0.39 is 0 Å². The van der Waals surface area contributed by atoms with Gasteiger partial charge in [-0.25, -0.2) is 0 Å². The van der Waals surface area contributed by atoms with E-state index >= 15 is 0 Å². The number of nitrogens with zero attached hydrogens (tertiary/aromatic N) is 3. The molecule has 4 heteroatoms. The predicted octanol–water partition coefficient (Wildman–Crippen LogP) is 2.10. The molecule has 3 rings (SSSR count). The summed E-state index contributed by atoms with van der Waals surface area (Å²) in [6.07, 6.45) is 2.24. The van der Waals surface area contributed by atoms with E-state index in [1.807, 2.05) is 4.90 Å². The van der Waals surface area contributed by atoms with E-state index in [0.29, 0.717) is 12.0 Å². The first-order chi connectivity index (χ1) is 11.6. The van der Waals surface area contributed by atoms with Crippen LogP contribution in [0.3, 0.4) is 0 Å². The Morgan fingerprint density at radius 1 is 1.08 bits per heavy atom. The van der Waals surface area contributed by atoms with Crippen molar-refractivity contribution in [2.75, 3.05) is 45.8 Å². The fourth-order valence-electron chi connectivity index (χ4n) is 4.22. The molecule has 2 heterocycles. The van der Waals surface area contributed by atoms with Gasteiger partial charge in [0.05, 0.1) is 0 Å². The van der Waals surface area contributed by atoms with E-state index in [9.17, 15) is 4.79 Å². The topological polar surface area (TPSA) is 26.8 Å². The normalized spacial score (nSPS) is 26.5. The number of likely N-dealkylation sites (tertiary alicyclic amines) is 1. The molecule has 0 saturated carbocycles. The number of hydrogen-bond acceptors (Lipinski definition) is 3. The van der Waals surface area contributed by atoms with Crippen molar-refractivity contribution >= 4 is 5.91 Å². The van der Waals surface area contributed by atoms with Crippen molar-refractivity contribution in [1.82, 2.24) is 14.7 Å². The van der Waals surface area contributed by atoms with Crippen LogP contribution in [0.4, 0.5) is 0 Å². The Kier molecular flexibility index (Phi) is 5.90. The van der Waals surface area contributed by atoms with Gasteiger partial charge < -0.3 is 9.80 Å². The first kappa shape index (κ1) is 17.4. The molecule has 4 nitrogen and oxygen atoms in total. The smallest absolute Gasteiger partial charge is 0.219 e. The molecule has 0 bridgehead atoms. The summed E-state index contributed by atoms with van der Waals surface area (Å²) >= 11 is 0. The molecule has 0 radical (unpaired) electrons. The third-order valence-electron chi connectivity index (χ3n) is 5.65. The van der Waals surface area contributed by atoms with Gasteiger partial charge in [-0.2, -0.15) is 0 Å². The fourth-order valence-corrected chi connectivity index (χ4v) is 4.22. The number of carbonyl (C=O) groups excluding carboxylic acids is 1. The molecule has 1 aromatic carbocycles. The van der Waals surface area contributed by atoms with Gasteiger partial charge in [0.15, 0.2) is 0 Å². The van der Waals surface area contributed by atoms with E-state index in [2.05, 4.69) is 47.1 Å². The second kappa shape index (κ2) is 8.13. The zero-order valence-electron chi connectivity index (χ0n) is 15.2. The molecule has 2 aliphatic rings. The molecule has 24 heavy (non-hydrogen) atoms. The van der Waals surface area contributed by atoms with Crippen LogP contribution in [-0.2, 0) is 11.2 Å². The molecule has 0 spiro atoms. The summed E-state index contributed by atoms with van der Waals surface area (Å²) in [5.41, 5.74) is 1.43. The van der Waals surface area contributed by atoms with Gasteiger partial charge in [0.1, 0.15) is 0 Å². The predicted molar refractivity (Wildman–Crippen MR) is 98.0 cm³/mol. The molecular formula is C20H31N3O. The lowest BCUT2D eigenvalue weighted by atomic mass is 10.0. The molecule has 0 aliphatic carbocycles. The maximum atomic E-state index is 11.6. The number of hydrogen-bond donors (Lipinski definition) is 0. The zero-order valence-corrected chi connectivity index (χ0v) is 15.2. The molecule has 2 aliphatic heterocycles. The van der Waals surface area contributed by atoms with Crippen molar-refractivity contribution in [1.29, 1.82) is 0 Å². The summed E-state index contributed by atoms with van der Waals surface area (Å²) in [7, 11) is 0. The van der Waals surface area contributed by atoms with Gasteiger partial charge >= 0.3 is 0 Å².